The van der Waals surface area contributed by atoms with Crippen LogP contribution in [0.2, 0.25) is 0 Å². The Hall–Kier alpha value is -2.93. The number of hydrogen-bond acceptors (Lipinski definition) is 3. The van der Waals surface area contributed by atoms with E-state index in [0.29, 0.717) is 11.3 Å². The molecule has 21 heavy (non-hydrogen) atoms. The molecule has 0 aliphatic carbocycles. The van der Waals surface area contributed by atoms with Crippen LogP contribution < -0.4 is 5.32 Å². The number of para-hydroxylation sites is 1. The highest BCUT2D eigenvalue weighted by Gasteiger charge is 2.07. The predicted molar refractivity (Wildman–Crippen MR) is 80.9 cm³/mol. The molecule has 0 radical (unpaired) electrons. The molecule has 3 rings (SSSR count). The number of benzene rings is 2. The van der Waals surface area contributed by atoms with Crippen LogP contribution in [0.3, 0.4) is 0 Å². The Balaban J connectivity index is 2.08. The normalized spacial score (nSPS) is 10.3. The molecule has 102 valence electrons. The summed E-state index contributed by atoms with van der Waals surface area (Å²) in [4.78, 5) is 4.45. The van der Waals surface area contributed by atoms with Crippen LogP contribution >= 0.6 is 0 Å². The number of fused-ring (bicyclic) bond motifs is 1. The molecule has 0 aliphatic heterocycles. The van der Waals surface area contributed by atoms with Crippen molar-refractivity contribution in [2.24, 2.45) is 0 Å². The fourth-order valence-corrected chi connectivity index (χ4v) is 2.24. The van der Waals surface area contributed by atoms with Crippen molar-refractivity contribution < 1.29 is 4.39 Å². The highest BCUT2D eigenvalue weighted by Crippen LogP contribution is 2.27. The van der Waals surface area contributed by atoms with Crippen LogP contribution in [0.4, 0.5) is 15.8 Å². The molecule has 2 aromatic carbocycles. The number of aryl methyl sites for hydroxylation is 1. The molecule has 0 unspecified atom stereocenters. The standard InChI is InChI=1S/C17H12FN3/c1-11-8-17(13-4-2-3-5-15(13)20-11)21-16-7-6-12(10-19)9-14(16)18/h2-9H,1H3,(H,20,21). The van der Waals surface area contributed by atoms with Gasteiger partial charge in [-0.3, -0.25) is 4.98 Å². The number of pyridine rings is 1. The summed E-state index contributed by atoms with van der Waals surface area (Å²) in [5, 5.41) is 12.8. The highest BCUT2D eigenvalue weighted by atomic mass is 19.1. The fourth-order valence-electron chi connectivity index (χ4n) is 2.24. The molecule has 0 bridgehead atoms. The van der Waals surface area contributed by atoms with Gasteiger partial charge in [0.25, 0.3) is 0 Å². The molecule has 0 saturated heterocycles. The summed E-state index contributed by atoms with van der Waals surface area (Å²) < 4.78 is 14.0. The monoisotopic (exact) mass is 277 g/mol. The molecule has 0 saturated carbocycles. The van der Waals surface area contributed by atoms with Gasteiger partial charge in [-0.2, -0.15) is 5.26 Å². The van der Waals surface area contributed by atoms with Crippen molar-refractivity contribution in [2.75, 3.05) is 5.32 Å². The van der Waals surface area contributed by atoms with Gasteiger partial charge in [-0.05, 0) is 37.3 Å². The van der Waals surface area contributed by atoms with Crippen molar-refractivity contribution in [3.05, 3.63) is 65.6 Å². The number of anilines is 2. The van der Waals surface area contributed by atoms with Crippen molar-refractivity contribution in [1.82, 2.24) is 4.98 Å². The molecule has 3 aromatic rings. The molecule has 0 amide bonds. The summed E-state index contributed by atoms with van der Waals surface area (Å²) in [6.07, 6.45) is 0. The SMILES string of the molecule is Cc1cc(Nc2ccc(C#N)cc2F)c2ccccc2n1. The van der Waals surface area contributed by atoms with Crippen molar-refractivity contribution >= 4 is 22.3 Å². The number of halogens is 1. The molecule has 1 N–H and O–H groups in total. The largest absolute Gasteiger partial charge is 0.353 e. The van der Waals surface area contributed by atoms with Crippen LogP contribution in [-0.2, 0) is 0 Å². The summed E-state index contributed by atoms with van der Waals surface area (Å²) in [5.74, 6) is -0.451. The maximum atomic E-state index is 14.0. The molecule has 0 atom stereocenters. The lowest BCUT2D eigenvalue weighted by Crippen LogP contribution is -1.97. The van der Waals surface area contributed by atoms with Crippen molar-refractivity contribution in [2.45, 2.75) is 6.92 Å². The van der Waals surface area contributed by atoms with Gasteiger partial charge in [0.1, 0.15) is 5.82 Å². The lowest BCUT2D eigenvalue weighted by molar-refractivity contribution is 0.631. The Kier molecular flexibility index (Phi) is 3.25. The van der Waals surface area contributed by atoms with Gasteiger partial charge in [-0.25, -0.2) is 4.39 Å². The molecule has 4 heteroatoms. The van der Waals surface area contributed by atoms with E-state index in [1.807, 2.05) is 43.3 Å². The smallest absolute Gasteiger partial charge is 0.147 e. The van der Waals surface area contributed by atoms with Crippen molar-refractivity contribution in [3.8, 4) is 6.07 Å². The first kappa shape index (κ1) is 13.1. The van der Waals surface area contributed by atoms with Crippen LogP contribution in [0.5, 0.6) is 0 Å². The van der Waals surface area contributed by atoms with Crippen LogP contribution in [0.1, 0.15) is 11.3 Å². The maximum absolute atomic E-state index is 14.0. The van der Waals surface area contributed by atoms with Crippen LogP contribution in [-0.4, -0.2) is 4.98 Å². The number of nitrogens with zero attached hydrogens (tertiary/aromatic N) is 2. The van der Waals surface area contributed by atoms with Gasteiger partial charge in [0.05, 0.1) is 22.8 Å². The van der Waals surface area contributed by atoms with Gasteiger partial charge in [0, 0.05) is 16.8 Å². The zero-order chi connectivity index (χ0) is 14.8. The first-order valence-corrected chi connectivity index (χ1v) is 6.50. The second-order valence-electron chi connectivity index (χ2n) is 4.76. The Morgan fingerprint density at radius 3 is 2.67 bits per heavy atom. The summed E-state index contributed by atoms with van der Waals surface area (Å²) in [5.41, 5.74) is 3.14. The van der Waals surface area contributed by atoms with Gasteiger partial charge in [0.2, 0.25) is 0 Å². The number of hydrogen-bond donors (Lipinski definition) is 1. The quantitative estimate of drug-likeness (QED) is 0.759. The molecule has 1 heterocycles. The zero-order valence-corrected chi connectivity index (χ0v) is 11.4. The van der Waals surface area contributed by atoms with E-state index in [9.17, 15) is 4.39 Å². The van der Waals surface area contributed by atoms with E-state index >= 15 is 0 Å². The van der Waals surface area contributed by atoms with Gasteiger partial charge in [0.15, 0.2) is 0 Å². The van der Waals surface area contributed by atoms with E-state index in [0.717, 1.165) is 22.3 Å². The van der Waals surface area contributed by atoms with Gasteiger partial charge in [-0.15, -0.1) is 0 Å². The predicted octanol–water partition coefficient (Wildman–Crippen LogP) is 4.30. The zero-order valence-electron chi connectivity index (χ0n) is 11.4. The first-order valence-electron chi connectivity index (χ1n) is 6.50. The number of nitriles is 1. The van der Waals surface area contributed by atoms with Crippen molar-refractivity contribution in [1.29, 1.82) is 5.26 Å². The Labute approximate surface area is 121 Å². The molecule has 1 aromatic heterocycles. The molecular weight excluding hydrogens is 265 g/mol. The van der Waals surface area contributed by atoms with Gasteiger partial charge < -0.3 is 5.32 Å². The molecular formula is C17H12FN3. The third-order valence-corrected chi connectivity index (χ3v) is 3.21. The minimum atomic E-state index is -0.451. The maximum Gasteiger partial charge on any atom is 0.147 e. The van der Waals surface area contributed by atoms with E-state index in [4.69, 9.17) is 5.26 Å². The molecule has 0 aliphatic rings. The van der Waals surface area contributed by atoms with Crippen molar-refractivity contribution in [3.63, 3.8) is 0 Å². The van der Waals surface area contributed by atoms with E-state index in [-0.39, 0.29) is 0 Å². The van der Waals surface area contributed by atoms with E-state index in [2.05, 4.69) is 10.3 Å². The second-order valence-corrected chi connectivity index (χ2v) is 4.76. The summed E-state index contributed by atoms with van der Waals surface area (Å²) in [7, 11) is 0. The van der Waals surface area contributed by atoms with Crippen LogP contribution in [0, 0.1) is 24.1 Å². The summed E-state index contributed by atoms with van der Waals surface area (Å²) >= 11 is 0. The average Bonchev–Trinajstić information content (AvgIpc) is 2.49. The van der Waals surface area contributed by atoms with E-state index in [1.165, 1.54) is 6.07 Å². The lowest BCUT2D eigenvalue weighted by atomic mass is 10.1. The number of nitrogens with one attached hydrogen (secondary N) is 1. The Morgan fingerprint density at radius 1 is 1.10 bits per heavy atom. The van der Waals surface area contributed by atoms with Gasteiger partial charge in [-0.1, -0.05) is 18.2 Å². The summed E-state index contributed by atoms with van der Waals surface area (Å²) in [6.45, 7) is 1.90. The highest BCUT2D eigenvalue weighted by molar-refractivity contribution is 5.93. The third kappa shape index (κ3) is 2.54. The summed E-state index contributed by atoms with van der Waals surface area (Å²) in [6, 6.07) is 15.9. The van der Waals surface area contributed by atoms with Crippen LogP contribution in [0.25, 0.3) is 10.9 Å². The first-order chi connectivity index (χ1) is 10.2. The third-order valence-electron chi connectivity index (χ3n) is 3.21. The van der Waals surface area contributed by atoms with Crippen LogP contribution in [0.15, 0.2) is 48.5 Å². The minimum Gasteiger partial charge on any atom is -0.353 e. The topological polar surface area (TPSA) is 48.7 Å². The number of rotatable bonds is 2. The minimum absolute atomic E-state index is 0.300. The average molecular weight is 277 g/mol. The second kappa shape index (κ2) is 5.22. The lowest BCUT2D eigenvalue weighted by Gasteiger charge is -2.11. The van der Waals surface area contributed by atoms with Gasteiger partial charge >= 0.3 is 0 Å². The number of aromatic nitrogens is 1. The molecule has 3 nitrogen and oxygen atoms in total. The van der Waals surface area contributed by atoms with E-state index in [1.54, 1.807) is 12.1 Å². The Morgan fingerprint density at radius 2 is 1.90 bits per heavy atom. The Bertz CT molecular complexity index is 866. The fraction of sp³-hybridized carbons (Fsp3) is 0.0588. The molecule has 0 spiro atoms. The van der Waals surface area contributed by atoms with E-state index < -0.39 is 5.82 Å². The molecule has 0 fully saturated rings.